The number of pyridine rings is 1. The predicted octanol–water partition coefficient (Wildman–Crippen LogP) is 1.55. The average molecular weight is 367 g/mol. The highest BCUT2D eigenvalue weighted by atomic mass is 32.1. The number of quaternary nitrogens is 1. The molecule has 26 heavy (non-hydrogen) atoms. The van der Waals surface area contributed by atoms with Crippen molar-refractivity contribution in [1.82, 2.24) is 14.9 Å². The van der Waals surface area contributed by atoms with Crippen molar-refractivity contribution in [2.45, 2.75) is 19.4 Å². The van der Waals surface area contributed by atoms with Crippen LogP contribution >= 0.6 is 11.3 Å². The molecule has 2 aromatic heterocycles. The molecule has 5 nitrogen and oxygen atoms in total. The molecule has 4 rings (SSSR count). The van der Waals surface area contributed by atoms with Crippen LogP contribution in [0, 0.1) is 0 Å². The second-order valence-corrected chi connectivity index (χ2v) is 7.85. The third-order valence-electron chi connectivity index (χ3n) is 4.92. The van der Waals surface area contributed by atoms with E-state index in [9.17, 15) is 4.79 Å². The smallest absolute Gasteiger partial charge is 0.223 e. The number of rotatable bonds is 5. The molecule has 0 bridgehead atoms. The summed E-state index contributed by atoms with van der Waals surface area (Å²) in [6.07, 6.45) is 4.98. The quantitative estimate of drug-likeness (QED) is 0.744. The van der Waals surface area contributed by atoms with Crippen LogP contribution in [0.1, 0.15) is 17.0 Å². The number of fused-ring (bicyclic) bond motifs is 1. The van der Waals surface area contributed by atoms with Gasteiger partial charge in [0, 0.05) is 30.8 Å². The van der Waals surface area contributed by atoms with Gasteiger partial charge in [0.05, 0.1) is 41.4 Å². The van der Waals surface area contributed by atoms with Crippen LogP contribution in [-0.4, -0.2) is 47.0 Å². The van der Waals surface area contributed by atoms with Crippen LogP contribution < -0.4 is 4.90 Å². The molecule has 1 N–H and O–H groups in total. The number of aryl methyl sites for hydroxylation is 1. The first-order chi connectivity index (χ1) is 12.8. The number of carbonyl (C=O) groups excluding carboxylic acids is 1. The monoisotopic (exact) mass is 367 g/mol. The molecule has 1 fully saturated rings. The number of benzene rings is 1. The first-order valence-corrected chi connectivity index (χ1v) is 9.94. The van der Waals surface area contributed by atoms with Gasteiger partial charge in [-0.1, -0.05) is 12.1 Å². The number of para-hydroxylation sites is 1. The number of thiazole rings is 1. The highest BCUT2D eigenvalue weighted by Crippen LogP contribution is 2.22. The Hall–Kier alpha value is -2.31. The number of hydrogen-bond acceptors (Lipinski definition) is 4. The lowest BCUT2D eigenvalue weighted by Crippen LogP contribution is -3.13. The van der Waals surface area contributed by atoms with Crippen molar-refractivity contribution in [3.05, 3.63) is 59.4 Å². The fourth-order valence-corrected chi connectivity index (χ4v) is 4.40. The fraction of sp³-hybridized carbons (Fsp3) is 0.350. The number of aromatic nitrogens is 2. The second-order valence-electron chi connectivity index (χ2n) is 6.74. The molecule has 0 atom stereocenters. The van der Waals surface area contributed by atoms with E-state index in [4.69, 9.17) is 0 Å². The fourth-order valence-electron chi connectivity index (χ4n) is 3.44. The number of nitrogens with one attached hydrogen (secondary N) is 1. The number of nitrogens with zero attached hydrogens (tertiary/aromatic N) is 3. The van der Waals surface area contributed by atoms with Gasteiger partial charge in [-0.3, -0.25) is 9.78 Å². The molecule has 1 aliphatic heterocycles. The Bertz CT molecular complexity index is 839. The Morgan fingerprint density at radius 1 is 1.12 bits per heavy atom. The molecule has 1 aliphatic rings. The molecule has 6 heteroatoms. The van der Waals surface area contributed by atoms with E-state index in [1.54, 1.807) is 11.3 Å². The molecule has 0 spiro atoms. The van der Waals surface area contributed by atoms with E-state index < -0.39 is 0 Å². The van der Waals surface area contributed by atoms with Gasteiger partial charge in [-0.15, -0.1) is 11.3 Å². The van der Waals surface area contributed by atoms with Crippen LogP contribution in [0.3, 0.4) is 0 Å². The summed E-state index contributed by atoms with van der Waals surface area (Å²) in [5.74, 6) is 0.257. The maximum atomic E-state index is 12.5. The van der Waals surface area contributed by atoms with Gasteiger partial charge in [0.15, 0.2) is 0 Å². The maximum absolute atomic E-state index is 12.5. The molecule has 1 amide bonds. The van der Waals surface area contributed by atoms with Crippen LogP contribution in [0.5, 0.6) is 0 Å². The molecular weight excluding hydrogens is 344 g/mol. The largest absolute Gasteiger partial charge is 0.331 e. The number of carbonyl (C=O) groups is 1. The minimum atomic E-state index is 0.257. The maximum Gasteiger partial charge on any atom is 0.223 e. The molecular formula is C20H23N4OS+. The lowest BCUT2D eigenvalue weighted by atomic mass is 10.2. The zero-order valence-electron chi connectivity index (χ0n) is 14.7. The average Bonchev–Trinajstić information content (AvgIpc) is 3.10. The lowest BCUT2D eigenvalue weighted by Gasteiger charge is -2.32. The Morgan fingerprint density at radius 2 is 1.88 bits per heavy atom. The lowest BCUT2D eigenvalue weighted by molar-refractivity contribution is -0.917. The molecule has 1 saturated heterocycles. The third-order valence-corrected chi connectivity index (χ3v) is 6.01. The topological polar surface area (TPSA) is 50.5 Å². The Balaban J connectivity index is 1.25. The van der Waals surface area contributed by atoms with E-state index in [1.807, 2.05) is 35.5 Å². The highest BCUT2D eigenvalue weighted by molar-refractivity contribution is 7.18. The molecule has 0 aliphatic carbocycles. The Morgan fingerprint density at radius 3 is 2.65 bits per heavy atom. The molecule has 0 unspecified atom stereocenters. The summed E-state index contributed by atoms with van der Waals surface area (Å²) in [6.45, 7) is 4.72. The van der Waals surface area contributed by atoms with Gasteiger partial charge in [0.1, 0.15) is 6.54 Å². The molecule has 0 saturated carbocycles. The van der Waals surface area contributed by atoms with Crippen molar-refractivity contribution in [3.8, 4) is 0 Å². The first-order valence-electron chi connectivity index (χ1n) is 9.12. The zero-order valence-corrected chi connectivity index (χ0v) is 15.5. The van der Waals surface area contributed by atoms with Crippen molar-refractivity contribution in [1.29, 1.82) is 0 Å². The standard InChI is InChI=1S/C20H22N4OS/c25-20(6-5-19-22-17-3-1-2-4-18(17)26-19)24-13-11-23(12-14-24)15-16-7-9-21-10-8-16/h1-4,7-10H,5-6,11-15H2/p+1. The summed E-state index contributed by atoms with van der Waals surface area (Å²) >= 11 is 1.70. The van der Waals surface area contributed by atoms with Crippen molar-refractivity contribution >= 4 is 27.5 Å². The van der Waals surface area contributed by atoms with Crippen molar-refractivity contribution in [2.24, 2.45) is 0 Å². The molecule has 0 radical (unpaired) electrons. The van der Waals surface area contributed by atoms with Gasteiger partial charge in [-0.2, -0.15) is 0 Å². The van der Waals surface area contributed by atoms with Crippen LogP contribution in [0.4, 0.5) is 0 Å². The van der Waals surface area contributed by atoms with E-state index in [0.717, 1.165) is 49.7 Å². The van der Waals surface area contributed by atoms with E-state index in [0.29, 0.717) is 6.42 Å². The minimum Gasteiger partial charge on any atom is -0.331 e. The predicted molar refractivity (Wildman–Crippen MR) is 103 cm³/mol. The van der Waals surface area contributed by atoms with E-state index in [-0.39, 0.29) is 5.91 Å². The zero-order chi connectivity index (χ0) is 17.8. The van der Waals surface area contributed by atoms with E-state index in [2.05, 4.69) is 28.2 Å². The Kier molecular flexibility index (Phi) is 5.22. The van der Waals surface area contributed by atoms with Gasteiger partial charge in [-0.05, 0) is 24.3 Å². The summed E-state index contributed by atoms with van der Waals surface area (Å²) in [5, 5.41) is 1.06. The summed E-state index contributed by atoms with van der Waals surface area (Å²) < 4.78 is 1.20. The van der Waals surface area contributed by atoms with Crippen LogP contribution in [-0.2, 0) is 17.8 Å². The van der Waals surface area contributed by atoms with Crippen LogP contribution in [0.2, 0.25) is 0 Å². The van der Waals surface area contributed by atoms with Crippen molar-refractivity contribution in [2.75, 3.05) is 26.2 Å². The Labute approximate surface area is 157 Å². The third kappa shape index (κ3) is 4.08. The van der Waals surface area contributed by atoms with Crippen LogP contribution in [0.15, 0.2) is 48.8 Å². The van der Waals surface area contributed by atoms with Gasteiger partial charge >= 0.3 is 0 Å². The molecule has 134 valence electrons. The van der Waals surface area contributed by atoms with Crippen LogP contribution in [0.25, 0.3) is 10.2 Å². The van der Waals surface area contributed by atoms with E-state index in [1.165, 1.54) is 15.2 Å². The van der Waals surface area contributed by atoms with Crippen molar-refractivity contribution < 1.29 is 9.69 Å². The highest BCUT2D eigenvalue weighted by Gasteiger charge is 2.23. The molecule has 3 aromatic rings. The second kappa shape index (κ2) is 7.93. The molecule has 1 aromatic carbocycles. The van der Waals surface area contributed by atoms with Gasteiger partial charge in [0.25, 0.3) is 0 Å². The van der Waals surface area contributed by atoms with Gasteiger partial charge in [-0.25, -0.2) is 4.98 Å². The van der Waals surface area contributed by atoms with Gasteiger partial charge in [0.2, 0.25) is 5.91 Å². The number of piperazine rings is 1. The summed E-state index contributed by atoms with van der Waals surface area (Å²) in [5.41, 5.74) is 2.35. The normalized spacial score (nSPS) is 15.5. The summed E-state index contributed by atoms with van der Waals surface area (Å²) in [4.78, 5) is 24.8. The summed E-state index contributed by atoms with van der Waals surface area (Å²) in [7, 11) is 0. The minimum absolute atomic E-state index is 0.257. The van der Waals surface area contributed by atoms with Gasteiger partial charge < -0.3 is 9.80 Å². The number of hydrogen-bond donors (Lipinski definition) is 1. The number of amides is 1. The summed E-state index contributed by atoms with van der Waals surface area (Å²) in [6, 6.07) is 12.3. The molecule has 3 heterocycles. The first kappa shape index (κ1) is 17.1. The SMILES string of the molecule is O=C(CCc1nc2ccccc2s1)N1CC[NH+](Cc2ccncc2)CC1. The van der Waals surface area contributed by atoms with Crippen molar-refractivity contribution in [3.63, 3.8) is 0 Å². The van der Waals surface area contributed by atoms with E-state index >= 15 is 0 Å².